The molecule has 0 saturated carbocycles. The molecule has 0 bridgehead atoms. The third-order valence-electron chi connectivity index (χ3n) is 4.26. The molecular formula is C14H19N3O3S. The van der Waals surface area contributed by atoms with Gasteiger partial charge in [-0.2, -0.15) is 4.31 Å². The summed E-state index contributed by atoms with van der Waals surface area (Å²) < 4.78 is 24.8. The second-order valence-electron chi connectivity index (χ2n) is 5.76. The molecule has 2 aliphatic heterocycles. The number of hydrogen-bond acceptors (Lipinski definition) is 4. The Morgan fingerprint density at radius 3 is 2.76 bits per heavy atom. The van der Waals surface area contributed by atoms with Crippen molar-refractivity contribution in [1.82, 2.24) is 14.2 Å². The number of pyridine rings is 1. The van der Waals surface area contributed by atoms with Gasteiger partial charge in [0, 0.05) is 37.9 Å². The van der Waals surface area contributed by atoms with Crippen LogP contribution in [0.4, 0.5) is 0 Å². The van der Waals surface area contributed by atoms with Gasteiger partial charge in [-0.05, 0) is 24.5 Å². The van der Waals surface area contributed by atoms with E-state index in [0.29, 0.717) is 32.0 Å². The molecule has 3 heterocycles. The Balaban J connectivity index is 1.63. The van der Waals surface area contributed by atoms with Crippen molar-refractivity contribution < 1.29 is 13.2 Å². The van der Waals surface area contributed by atoms with E-state index in [2.05, 4.69) is 4.98 Å². The molecule has 1 aromatic heterocycles. The molecule has 0 aliphatic carbocycles. The van der Waals surface area contributed by atoms with E-state index in [0.717, 1.165) is 12.0 Å². The van der Waals surface area contributed by atoms with Gasteiger partial charge in [0.1, 0.15) is 6.04 Å². The second-order valence-corrected chi connectivity index (χ2v) is 7.69. The first-order chi connectivity index (χ1) is 9.97. The van der Waals surface area contributed by atoms with Crippen LogP contribution in [0.3, 0.4) is 0 Å². The third-order valence-corrected chi connectivity index (χ3v) is 5.55. The molecule has 6 nitrogen and oxygen atoms in total. The number of carbonyl (C=O) groups excluding carboxylic acids is 1. The van der Waals surface area contributed by atoms with Gasteiger partial charge >= 0.3 is 0 Å². The van der Waals surface area contributed by atoms with Gasteiger partial charge in [0.2, 0.25) is 15.9 Å². The minimum atomic E-state index is -3.30. The average Bonchev–Trinajstić information content (AvgIpc) is 2.87. The highest BCUT2D eigenvalue weighted by atomic mass is 32.2. The fraction of sp³-hybridized carbons (Fsp3) is 0.571. The molecule has 0 spiro atoms. The number of likely N-dealkylation sites (tertiary alicyclic amines) is 1. The van der Waals surface area contributed by atoms with Gasteiger partial charge in [-0.1, -0.05) is 6.07 Å². The number of hydrogen-bond donors (Lipinski definition) is 0. The standard InChI is InChI=1S/C14H19N3O3S/c1-21(19,20)17-7-3-5-13(17)14(18)16-9-12(10-16)11-4-2-6-15-8-11/h2,4,6,8,12-13H,3,5,7,9-10H2,1H3/t13-/m0/s1. The Morgan fingerprint density at radius 1 is 1.38 bits per heavy atom. The Kier molecular flexibility index (Phi) is 3.71. The molecule has 1 amide bonds. The van der Waals surface area contributed by atoms with E-state index in [1.165, 1.54) is 10.6 Å². The summed E-state index contributed by atoms with van der Waals surface area (Å²) in [4.78, 5) is 18.3. The van der Waals surface area contributed by atoms with Crippen molar-refractivity contribution in [1.29, 1.82) is 0 Å². The van der Waals surface area contributed by atoms with E-state index in [1.807, 2.05) is 18.3 Å². The van der Waals surface area contributed by atoms with Crippen LogP contribution >= 0.6 is 0 Å². The summed E-state index contributed by atoms with van der Waals surface area (Å²) in [6, 6.07) is 3.40. The Labute approximate surface area is 124 Å². The van der Waals surface area contributed by atoms with E-state index >= 15 is 0 Å². The average molecular weight is 309 g/mol. The van der Waals surface area contributed by atoms with Crippen molar-refractivity contribution in [3.8, 4) is 0 Å². The van der Waals surface area contributed by atoms with Gasteiger partial charge in [-0.15, -0.1) is 0 Å². The SMILES string of the molecule is CS(=O)(=O)N1CCC[C@H]1C(=O)N1CC(c2cccnc2)C1. The number of sulfonamides is 1. The zero-order chi connectivity index (χ0) is 15.0. The van der Waals surface area contributed by atoms with Crippen LogP contribution in [-0.4, -0.2) is 60.4 Å². The summed E-state index contributed by atoms with van der Waals surface area (Å²) in [5.41, 5.74) is 1.13. The topological polar surface area (TPSA) is 70.6 Å². The van der Waals surface area contributed by atoms with Crippen molar-refractivity contribution >= 4 is 15.9 Å². The molecule has 0 radical (unpaired) electrons. The van der Waals surface area contributed by atoms with E-state index in [1.54, 1.807) is 11.1 Å². The monoisotopic (exact) mass is 309 g/mol. The summed E-state index contributed by atoms with van der Waals surface area (Å²) in [6.07, 6.45) is 6.11. The zero-order valence-electron chi connectivity index (χ0n) is 12.0. The molecule has 2 aliphatic rings. The predicted molar refractivity (Wildman–Crippen MR) is 78.1 cm³/mol. The van der Waals surface area contributed by atoms with Crippen LogP contribution in [-0.2, 0) is 14.8 Å². The van der Waals surface area contributed by atoms with Crippen LogP contribution in [0.2, 0.25) is 0 Å². The van der Waals surface area contributed by atoms with E-state index in [4.69, 9.17) is 0 Å². The highest BCUT2D eigenvalue weighted by Gasteiger charge is 2.42. The molecule has 7 heteroatoms. The summed E-state index contributed by atoms with van der Waals surface area (Å²) in [7, 11) is -3.30. The van der Waals surface area contributed by atoms with Gasteiger partial charge in [0.25, 0.3) is 0 Å². The van der Waals surface area contributed by atoms with Crippen LogP contribution in [0.25, 0.3) is 0 Å². The number of rotatable bonds is 3. The lowest BCUT2D eigenvalue weighted by molar-refractivity contribution is -0.139. The fourth-order valence-corrected chi connectivity index (χ4v) is 4.20. The van der Waals surface area contributed by atoms with Crippen LogP contribution in [0.15, 0.2) is 24.5 Å². The molecule has 0 aromatic carbocycles. The maximum atomic E-state index is 12.5. The van der Waals surface area contributed by atoms with Crippen LogP contribution in [0.5, 0.6) is 0 Å². The minimum absolute atomic E-state index is 0.0573. The second kappa shape index (κ2) is 5.38. The minimum Gasteiger partial charge on any atom is -0.340 e. The Morgan fingerprint density at radius 2 is 2.14 bits per heavy atom. The molecule has 0 unspecified atom stereocenters. The van der Waals surface area contributed by atoms with Gasteiger partial charge in [-0.3, -0.25) is 9.78 Å². The normalized spacial score (nSPS) is 24.0. The lowest BCUT2D eigenvalue weighted by atomic mass is 9.92. The van der Waals surface area contributed by atoms with Crippen LogP contribution in [0.1, 0.15) is 24.3 Å². The van der Waals surface area contributed by atoms with Crippen LogP contribution < -0.4 is 0 Å². The highest BCUT2D eigenvalue weighted by Crippen LogP contribution is 2.30. The van der Waals surface area contributed by atoms with Gasteiger partial charge < -0.3 is 4.90 Å². The molecule has 21 heavy (non-hydrogen) atoms. The molecule has 114 valence electrons. The van der Waals surface area contributed by atoms with Crippen LogP contribution in [0, 0.1) is 0 Å². The number of nitrogens with zero attached hydrogens (tertiary/aromatic N) is 3. The Hall–Kier alpha value is -1.47. The summed E-state index contributed by atoms with van der Waals surface area (Å²) in [5.74, 6) is 0.258. The predicted octanol–water partition coefficient (Wildman–Crippen LogP) is 0.431. The van der Waals surface area contributed by atoms with Crippen molar-refractivity contribution in [2.24, 2.45) is 0 Å². The Bertz CT molecular complexity index is 626. The number of aromatic nitrogens is 1. The summed E-state index contributed by atoms with van der Waals surface area (Å²) in [6.45, 7) is 1.76. The molecule has 3 rings (SSSR count). The van der Waals surface area contributed by atoms with Crippen molar-refractivity contribution in [2.75, 3.05) is 25.9 Å². The fourth-order valence-electron chi connectivity index (χ4n) is 3.08. The first kappa shape index (κ1) is 14.5. The number of amides is 1. The molecular weight excluding hydrogens is 290 g/mol. The summed E-state index contributed by atoms with van der Waals surface area (Å²) in [5, 5.41) is 0. The van der Waals surface area contributed by atoms with Crippen molar-refractivity contribution in [3.63, 3.8) is 0 Å². The van der Waals surface area contributed by atoms with Crippen molar-refractivity contribution in [3.05, 3.63) is 30.1 Å². The lowest BCUT2D eigenvalue weighted by Gasteiger charge is -2.41. The number of carbonyl (C=O) groups is 1. The summed E-state index contributed by atoms with van der Waals surface area (Å²) >= 11 is 0. The van der Waals surface area contributed by atoms with E-state index in [9.17, 15) is 13.2 Å². The van der Waals surface area contributed by atoms with Gasteiger partial charge in [-0.25, -0.2) is 8.42 Å². The largest absolute Gasteiger partial charge is 0.340 e. The van der Waals surface area contributed by atoms with Gasteiger partial charge in [0.05, 0.1) is 6.26 Å². The maximum Gasteiger partial charge on any atom is 0.241 e. The molecule has 2 fully saturated rings. The van der Waals surface area contributed by atoms with Gasteiger partial charge in [0.15, 0.2) is 0 Å². The van der Waals surface area contributed by atoms with E-state index in [-0.39, 0.29) is 5.91 Å². The van der Waals surface area contributed by atoms with E-state index < -0.39 is 16.1 Å². The highest BCUT2D eigenvalue weighted by molar-refractivity contribution is 7.88. The first-order valence-corrected chi connectivity index (χ1v) is 8.97. The molecule has 1 aromatic rings. The van der Waals surface area contributed by atoms with Crippen molar-refractivity contribution in [2.45, 2.75) is 24.8 Å². The third kappa shape index (κ3) is 2.80. The molecule has 2 saturated heterocycles. The first-order valence-electron chi connectivity index (χ1n) is 7.12. The molecule has 1 atom stereocenters. The lowest BCUT2D eigenvalue weighted by Crippen LogP contribution is -2.55. The smallest absolute Gasteiger partial charge is 0.241 e. The maximum absolute atomic E-state index is 12.5. The zero-order valence-corrected chi connectivity index (χ0v) is 12.8. The quantitative estimate of drug-likeness (QED) is 0.812. The molecule has 0 N–H and O–H groups in total.